The fraction of sp³-hybridized carbons (Fsp3) is 0.300. The number of hydrogen-bond donors (Lipinski definition) is 2. The molecule has 0 bridgehead atoms. The lowest BCUT2D eigenvalue weighted by molar-refractivity contribution is 0.471. The Hall–Kier alpha value is -1.26. The van der Waals surface area contributed by atoms with Crippen molar-refractivity contribution in [3.63, 3.8) is 0 Å². The minimum Gasteiger partial charge on any atom is -0.506 e. The molecule has 0 spiro atoms. The van der Waals surface area contributed by atoms with E-state index < -0.39 is 0 Å². The highest BCUT2D eigenvalue weighted by molar-refractivity contribution is 6.32. The number of aromatic nitrogens is 2. The predicted octanol–water partition coefficient (Wildman–Crippen LogP) is 1.46. The summed E-state index contributed by atoms with van der Waals surface area (Å²) in [5.41, 5.74) is 0.820. The lowest BCUT2D eigenvalue weighted by Gasteiger charge is -2.00. The van der Waals surface area contributed by atoms with Crippen LogP contribution in [0.15, 0.2) is 18.3 Å². The summed E-state index contributed by atoms with van der Waals surface area (Å²) in [6.45, 7) is 0.825. The third kappa shape index (κ3) is 1.91. The molecule has 0 saturated carbocycles. The largest absolute Gasteiger partial charge is 0.506 e. The normalized spacial score (nSPS) is 11.1. The first-order valence-electron chi connectivity index (χ1n) is 4.72. The molecule has 15 heavy (non-hydrogen) atoms. The van der Waals surface area contributed by atoms with E-state index in [1.165, 1.54) is 0 Å². The van der Waals surface area contributed by atoms with Crippen molar-refractivity contribution in [2.75, 3.05) is 13.6 Å². The molecule has 2 aromatic rings. The standard InChI is InChI=1S/C10H12ClN3O/c1-12-5-4-9-13-10(11)8-3-2-7(15)6-14(8)9/h2-3,6,12,15H,4-5H2,1H3. The summed E-state index contributed by atoms with van der Waals surface area (Å²) in [6.07, 6.45) is 2.40. The van der Waals surface area contributed by atoms with Crippen molar-refractivity contribution in [3.8, 4) is 5.75 Å². The Bertz CT molecular complexity index is 481. The van der Waals surface area contributed by atoms with Crippen molar-refractivity contribution in [1.82, 2.24) is 14.7 Å². The second-order valence-corrected chi connectivity index (χ2v) is 3.67. The maximum Gasteiger partial charge on any atom is 0.155 e. The number of fused-ring (bicyclic) bond motifs is 1. The molecular formula is C10H12ClN3O. The van der Waals surface area contributed by atoms with Crippen LogP contribution in [0.1, 0.15) is 5.82 Å². The van der Waals surface area contributed by atoms with Crippen molar-refractivity contribution in [2.45, 2.75) is 6.42 Å². The Morgan fingerprint density at radius 3 is 3.07 bits per heavy atom. The second-order valence-electron chi connectivity index (χ2n) is 3.31. The SMILES string of the molecule is CNCCc1nc(Cl)c2ccc(O)cn12. The van der Waals surface area contributed by atoms with Gasteiger partial charge >= 0.3 is 0 Å². The Labute approximate surface area is 92.5 Å². The first kappa shape index (κ1) is 10.3. The van der Waals surface area contributed by atoms with Crippen LogP contribution in [0.4, 0.5) is 0 Å². The zero-order chi connectivity index (χ0) is 10.8. The Morgan fingerprint density at radius 2 is 2.33 bits per heavy atom. The van der Waals surface area contributed by atoms with Gasteiger partial charge in [0.15, 0.2) is 5.15 Å². The first-order chi connectivity index (χ1) is 7.22. The van der Waals surface area contributed by atoms with Gasteiger partial charge in [0.2, 0.25) is 0 Å². The molecule has 0 radical (unpaired) electrons. The van der Waals surface area contributed by atoms with Crippen LogP contribution >= 0.6 is 11.6 Å². The van der Waals surface area contributed by atoms with Gasteiger partial charge in [-0.1, -0.05) is 11.6 Å². The number of hydrogen-bond acceptors (Lipinski definition) is 3. The van der Waals surface area contributed by atoms with Gasteiger partial charge in [0.25, 0.3) is 0 Å². The summed E-state index contributed by atoms with van der Waals surface area (Å²) in [5, 5.41) is 12.9. The van der Waals surface area contributed by atoms with Gasteiger partial charge in [-0.3, -0.25) is 4.40 Å². The molecule has 2 aromatic heterocycles. The van der Waals surface area contributed by atoms with Crippen molar-refractivity contribution in [3.05, 3.63) is 29.3 Å². The van der Waals surface area contributed by atoms with E-state index >= 15 is 0 Å². The summed E-state index contributed by atoms with van der Waals surface area (Å²) in [6, 6.07) is 3.36. The molecule has 2 rings (SSSR count). The molecule has 0 fully saturated rings. The molecule has 0 atom stereocenters. The molecule has 80 valence electrons. The molecule has 0 saturated heterocycles. The number of pyridine rings is 1. The number of aromatic hydroxyl groups is 1. The fourth-order valence-electron chi connectivity index (χ4n) is 1.51. The molecule has 0 amide bonds. The lowest BCUT2D eigenvalue weighted by atomic mass is 10.3. The van der Waals surface area contributed by atoms with Gasteiger partial charge in [0, 0.05) is 13.0 Å². The zero-order valence-corrected chi connectivity index (χ0v) is 9.12. The molecule has 0 aromatic carbocycles. The maximum absolute atomic E-state index is 9.38. The smallest absolute Gasteiger partial charge is 0.155 e. The van der Waals surface area contributed by atoms with Crippen molar-refractivity contribution in [1.29, 1.82) is 0 Å². The van der Waals surface area contributed by atoms with Crippen LogP contribution in [-0.4, -0.2) is 28.1 Å². The van der Waals surface area contributed by atoms with E-state index in [4.69, 9.17) is 11.6 Å². The van der Waals surface area contributed by atoms with E-state index in [0.29, 0.717) is 5.15 Å². The summed E-state index contributed by atoms with van der Waals surface area (Å²) < 4.78 is 1.81. The van der Waals surface area contributed by atoms with E-state index in [1.807, 2.05) is 11.4 Å². The van der Waals surface area contributed by atoms with Gasteiger partial charge in [0.05, 0.1) is 11.7 Å². The first-order valence-corrected chi connectivity index (χ1v) is 5.10. The molecule has 0 aliphatic carbocycles. The molecule has 0 aliphatic rings. The van der Waals surface area contributed by atoms with Crippen LogP contribution in [0.25, 0.3) is 5.52 Å². The highest BCUT2D eigenvalue weighted by Crippen LogP contribution is 2.21. The molecular weight excluding hydrogens is 214 g/mol. The fourth-order valence-corrected chi connectivity index (χ4v) is 1.76. The summed E-state index contributed by atoms with van der Waals surface area (Å²) in [4.78, 5) is 4.25. The van der Waals surface area contributed by atoms with Crippen LogP contribution in [0.3, 0.4) is 0 Å². The molecule has 4 nitrogen and oxygen atoms in total. The van der Waals surface area contributed by atoms with Gasteiger partial charge in [-0.25, -0.2) is 4.98 Å². The third-order valence-electron chi connectivity index (χ3n) is 2.25. The second kappa shape index (κ2) is 4.08. The zero-order valence-electron chi connectivity index (χ0n) is 8.37. The van der Waals surface area contributed by atoms with E-state index in [1.54, 1.807) is 18.3 Å². The van der Waals surface area contributed by atoms with E-state index in [0.717, 1.165) is 24.3 Å². The maximum atomic E-state index is 9.38. The quantitative estimate of drug-likeness (QED) is 0.832. The lowest BCUT2D eigenvalue weighted by Crippen LogP contribution is -2.12. The minimum absolute atomic E-state index is 0.210. The van der Waals surface area contributed by atoms with E-state index in [9.17, 15) is 5.11 Å². The average Bonchev–Trinajstić information content (AvgIpc) is 2.52. The summed E-state index contributed by atoms with van der Waals surface area (Å²) in [5.74, 6) is 1.06. The van der Waals surface area contributed by atoms with Crippen molar-refractivity contribution < 1.29 is 5.11 Å². The Kier molecular flexibility index (Phi) is 2.79. The van der Waals surface area contributed by atoms with Gasteiger partial charge < -0.3 is 10.4 Å². The van der Waals surface area contributed by atoms with Crippen LogP contribution in [-0.2, 0) is 6.42 Å². The third-order valence-corrected chi connectivity index (χ3v) is 2.53. The molecule has 2 N–H and O–H groups in total. The topological polar surface area (TPSA) is 49.6 Å². The Balaban J connectivity index is 2.49. The van der Waals surface area contributed by atoms with Crippen LogP contribution in [0.2, 0.25) is 5.15 Å². The van der Waals surface area contributed by atoms with Gasteiger partial charge in [-0.15, -0.1) is 0 Å². The number of halogens is 1. The van der Waals surface area contributed by atoms with E-state index in [2.05, 4.69) is 10.3 Å². The average molecular weight is 226 g/mol. The van der Waals surface area contributed by atoms with Gasteiger partial charge in [0.1, 0.15) is 11.6 Å². The van der Waals surface area contributed by atoms with Crippen LogP contribution < -0.4 is 5.32 Å². The summed E-state index contributed by atoms with van der Waals surface area (Å²) in [7, 11) is 1.88. The molecule has 2 heterocycles. The van der Waals surface area contributed by atoms with Crippen molar-refractivity contribution >= 4 is 17.1 Å². The highest BCUT2D eigenvalue weighted by Gasteiger charge is 2.08. The number of imidazole rings is 1. The predicted molar refractivity (Wildman–Crippen MR) is 59.5 cm³/mol. The molecule has 0 aliphatic heterocycles. The summed E-state index contributed by atoms with van der Waals surface area (Å²) >= 11 is 5.98. The highest BCUT2D eigenvalue weighted by atomic mass is 35.5. The monoisotopic (exact) mass is 225 g/mol. The molecule has 5 heteroatoms. The number of likely N-dealkylation sites (N-methyl/N-ethyl adjacent to an activating group) is 1. The van der Waals surface area contributed by atoms with Crippen LogP contribution in [0.5, 0.6) is 5.75 Å². The Morgan fingerprint density at radius 1 is 1.53 bits per heavy atom. The number of nitrogens with one attached hydrogen (secondary N) is 1. The van der Waals surface area contributed by atoms with Crippen molar-refractivity contribution in [2.24, 2.45) is 0 Å². The van der Waals surface area contributed by atoms with Crippen LogP contribution in [0, 0.1) is 0 Å². The van der Waals surface area contributed by atoms with E-state index in [-0.39, 0.29) is 5.75 Å². The molecule has 0 unspecified atom stereocenters. The minimum atomic E-state index is 0.210. The van der Waals surface area contributed by atoms with Gasteiger partial charge in [-0.2, -0.15) is 0 Å². The van der Waals surface area contributed by atoms with Gasteiger partial charge in [-0.05, 0) is 19.2 Å². The number of rotatable bonds is 3. The number of nitrogens with zero attached hydrogens (tertiary/aromatic N) is 2.